The molecule has 0 radical (unpaired) electrons. The van der Waals surface area contributed by atoms with E-state index in [2.05, 4.69) is 0 Å². The fraction of sp³-hybridized carbons (Fsp3) is 0.278. The third-order valence-corrected chi connectivity index (χ3v) is 4.14. The van der Waals surface area contributed by atoms with Crippen LogP contribution in [0.2, 0.25) is 0 Å². The van der Waals surface area contributed by atoms with Crippen molar-refractivity contribution in [2.45, 2.75) is 19.9 Å². The number of carbonyl (C=O) groups is 1. The number of rotatable bonds is 5. The summed E-state index contributed by atoms with van der Waals surface area (Å²) in [5.74, 6) is 0.572. The number of ether oxygens (including phenoxy) is 1. The largest absolute Gasteiger partial charge is 0.497 e. The van der Waals surface area contributed by atoms with Gasteiger partial charge < -0.3 is 9.64 Å². The van der Waals surface area contributed by atoms with E-state index in [0.29, 0.717) is 11.1 Å². The van der Waals surface area contributed by atoms with E-state index in [4.69, 9.17) is 4.74 Å². The van der Waals surface area contributed by atoms with Gasteiger partial charge in [0.1, 0.15) is 5.75 Å². The number of benzene rings is 2. The molecule has 1 unspecified atom stereocenters. The minimum Gasteiger partial charge on any atom is -0.497 e. The van der Waals surface area contributed by atoms with Gasteiger partial charge in [0, 0.05) is 24.2 Å². The summed E-state index contributed by atoms with van der Waals surface area (Å²) in [7, 11) is 3.32. The predicted octanol–water partition coefficient (Wildman–Crippen LogP) is 3.75. The fourth-order valence-electron chi connectivity index (χ4n) is 2.48. The smallest absolute Gasteiger partial charge is 0.272 e. The molecule has 0 aliphatic rings. The SMILES string of the molecule is COc1ccc(C(C)N(C)C(=O)c2ccc([N+](=O)[O-])c(C)c2)cc1. The van der Waals surface area contributed by atoms with Crippen molar-refractivity contribution in [3.8, 4) is 5.75 Å². The van der Waals surface area contributed by atoms with Crippen LogP contribution in [0.4, 0.5) is 5.69 Å². The van der Waals surface area contributed by atoms with Crippen molar-refractivity contribution in [2.24, 2.45) is 0 Å². The van der Waals surface area contributed by atoms with E-state index >= 15 is 0 Å². The van der Waals surface area contributed by atoms with Gasteiger partial charge >= 0.3 is 0 Å². The molecule has 1 atom stereocenters. The van der Waals surface area contributed by atoms with Gasteiger partial charge in [0.05, 0.1) is 18.1 Å². The highest BCUT2D eigenvalue weighted by Gasteiger charge is 2.21. The molecule has 1 amide bonds. The lowest BCUT2D eigenvalue weighted by atomic mass is 10.0. The van der Waals surface area contributed by atoms with Gasteiger partial charge in [-0.3, -0.25) is 14.9 Å². The number of hydrogen-bond acceptors (Lipinski definition) is 4. The van der Waals surface area contributed by atoms with Crippen molar-refractivity contribution in [2.75, 3.05) is 14.2 Å². The van der Waals surface area contributed by atoms with Crippen LogP contribution in [0.1, 0.15) is 34.5 Å². The third kappa shape index (κ3) is 3.53. The molecule has 0 aliphatic carbocycles. The molecular weight excluding hydrogens is 308 g/mol. The Labute approximate surface area is 140 Å². The zero-order chi connectivity index (χ0) is 17.9. The first-order valence-electron chi connectivity index (χ1n) is 7.51. The maximum Gasteiger partial charge on any atom is 0.272 e. The summed E-state index contributed by atoms with van der Waals surface area (Å²) in [6, 6.07) is 11.8. The molecule has 126 valence electrons. The number of methoxy groups -OCH3 is 1. The van der Waals surface area contributed by atoms with E-state index in [9.17, 15) is 14.9 Å². The average molecular weight is 328 g/mol. The zero-order valence-electron chi connectivity index (χ0n) is 14.1. The van der Waals surface area contributed by atoms with Gasteiger partial charge in [-0.15, -0.1) is 0 Å². The molecule has 6 nitrogen and oxygen atoms in total. The highest BCUT2D eigenvalue weighted by molar-refractivity contribution is 5.94. The zero-order valence-corrected chi connectivity index (χ0v) is 14.1. The van der Waals surface area contributed by atoms with Crippen LogP contribution in [-0.4, -0.2) is 29.9 Å². The number of aryl methyl sites for hydroxylation is 1. The van der Waals surface area contributed by atoms with E-state index in [-0.39, 0.29) is 17.6 Å². The van der Waals surface area contributed by atoms with E-state index < -0.39 is 4.92 Å². The van der Waals surface area contributed by atoms with Gasteiger partial charge in [0.15, 0.2) is 0 Å². The molecule has 0 N–H and O–H groups in total. The molecule has 0 bridgehead atoms. The highest BCUT2D eigenvalue weighted by atomic mass is 16.6. The molecular formula is C18H20N2O4. The van der Waals surface area contributed by atoms with Crippen molar-refractivity contribution in [3.05, 3.63) is 69.3 Å². The van der Waals surface area contributed by atoms with Crippen LogP contribution in [-0.2, 0) is 0 Å². The lowest BCUT2D eigenvalue weighted by molar-refractivity contribution is -0.385. The summed E-state index contributed by atoms with van der Waals surface area (Å²) < 4.78 is 5.13. The summed E-state index contributed by atoms with van der Waals surface area (Å²) in [6.07, 6.45) is 0. The minimum absolute atomic E-state index is 0.0115. The quantitative estimate of drug-likeness (QED) is 0.619. The molecule has 24 heavy (non-hydrogen) atoms. The van der Waals surface area contributed by atoms with Crippen LogP contribution >= 0.6 is 0 Å². The minimum atomic E-state index is -0.451. The molecule has 0 spiro atoms. The van der Waals surface area contributed by atoms with Gasteiger partial charge in [-0.2, -0.15) is 0 Å². The second-order valence-corrected chi connectivity index (χ2v) is 5.62. The first kappa shape index (κ1) is 17.5. The summed E-state index contributed by atoms with van der Waals surface area (Å²) in [6.45, 7) is 3.56. The molecule has 0 saturated carbocycles. The van der Waals surface area contributed by atoms with E-state index in [1.54, 1.807) is 32.0 Å². The number of amides is 1. The Bertz CT molecular complexity index is 756. The maximum atomic E-state index is 12.6. The Morgan fingerprint density at radius 1 is 1.21 bits per heavy atom. The Morgan fingerprint density at radius 3 is 2.33 bits per heavy atom. The molecule has 0 fully saturated rings. The van der Waals surface area contributed by atoms with E-state index in [1.165, 1.54) is 12.1 Å². The van der Waals surface area contributed by atoms with Crippen molar-refractivity contribution in [1.82, 2.24) is 4.90 Å². The molecule has 0 aliphatic heterocycles. The second-order valence-electron chi connectivity index (χ2n) is 5.62. The molecule has 2 rings (SSSR count). The molecule has 2 aromatic carbocycles. The molecule has 2 aromatic rings. The maximum absolute atomic E-state index is 12.6. The molecule has 0 aromatic heterocycles. The van der Waals surface area contributed by atoms with Crippen LogP contribution < -0.4 is 4.74 Å². The first-order valence-corrected chi connectivity index (χ1v) is 7.51. The van der Waals surface area contributed by atoms with Crippen molar-refractivity contribution in [3.63, 3.8) is 0 Å². The lowest BCUT2D eigenvalue weighted by Crippen LogP contribution is -2.29. The second kappa shape index (κ2) is 7.12. The average Bonchev–Trinajstić information content (AvgIpc) is 2.59. The normalized spacial score (nSPS) is 11.7. The van der Waals surface area contributed by atoms with Crippen molar-refractivity contribution in [1.29, 1.82) is 0 Å². The van der Waals surface area contributed by atoms with E-state index in [0.717, 1.165) is 11.3 Å². The lowest BCUT2D eigenvalue weighted by Gasteiger charge is -2.25. The van der Waals surface area contributed by atoms with Gasteiger partial charge in [-0.05, 0) is 43.7 Å². The van der Waals surface area contributed by atoms with Gasteiger partial charge in [-0.1, -0.05) is 12.1 Å². The van der Waals surface area contributed by atoms with Crippen LogP contribution in [0.3, 0.4) is 0 Å². The number of nitro benzene ring substituents is 1. The number of hydrogen-bond donors (Lipinski definition) is 0. The monoisotopic (exact) mass is 328 g/mol. The third-order valence-electron chi connectivity index (χ3n) is 4.14. The Kier molecular flexibility index (Phi) is 5.18. The van der Waals surface area contributed by atoms with Gasteiger partial charge in [-0.25, -0.2) is 0 Å². The van der Waals surface area contributed by atoms with Gasteiger partial charge in [0.25, 0.3) is 11.6 Å². The van der Waals surface area contributed by atoms with Crippen molar-refractivity contribution < 1.29 is 14.5 Å². The Morgan fingerprint density at radius 2 is 1.83 bits per heavy atom. The topological polar surface area (TPSA) is 72.7 Å². The molecule has 6 heteroatoms. The summed E-state index contributed by atoms with van der Waals surface area (Å²) in [5.41, 5.74) is 1.89. The molecule has 0 saturated heterocycles. The number of nitro groups is 1. The summed E-state index contributed by atoms with van der Waals surface area (Å²) in [4.78, 5) is 24.7. The summed E-state index contributed by atoms with van der Waals surface area (Å²) >= 11 is 0. The fourth-order valence-corrected chi connectivity index (χ4v) is 2.48. The number of carbonyl (C=O) groups excluding carboxylic acids is 1. The van der Waals surface area contributed by atoms with Crippen LogP contribution in [0.15, 0.2) is 42.5 Å². The van der Waals surface area contributed by atoms with Gasteiger partial charge in [0.2, 0.25) is 0 Å². The van der Waals surface area contributed by atoms with Crippen LogP contribution in [0, 0.1) is 17.0 Å². The Balaban J connectivity index is 2.21. The predicted molar refractivity (Wildman–Crippen MR) is 91.3 cm³/mol. The Hall–Kier alpha value is -2.89. The number of nitrogens with zero attached hydrogens (tertiary/aromatic N) is 2. The highest BCUT2D eigenvalue weighted by Crippen LogP contribution is 2.25. The molecule has 0 heterocycles. The van der Waals surface area contributed by atoms with Crippen LogP contribution in [0.25, 0.3) is 0 Å². The van der Waals surface area contributed by atoms with Crippen molar-refractivity contribution >= 4 is 11.6 Å². The first-order chi connectivity index (χ1) is 11.3. The standard InChI is InChI=1S/C18H20N2O4/c1-12-11-15(7-10-17(12)20(22)23)18(21)19(3)13(2)14-5-8-16(24-4)9-6-14/h5-11,13H,1-4H3. The summed E-state index contributed by atoms with van der Waals surface area (Å²) in [5, 5.41) is 10.9. The van der Waals surface area contributed by atoms with E-state index in [1.807, 2.05) is 31.2 Å². The van der Waals surface area contributed by atoms with Crippen LogP contribution in [0.5, 0.6) is 5.75 Å².